The van der Waals surface area contributed by atoms with Crippen molar-refractivity contribution in [2.24, 2.45) is 4.99 Å². The van der Waals surface area contributed by atoms with Crippen molar-refractivity contribution in [3.05, 3.63) is 94.8 Å². The first-order valence-electron chi connectivity index (χ1n) is 8.47. The average Bonchev–Trinajstić information content (AvgIpc) is 2.69. The van der Waals surface area contributed by atoms with E-state index in [-0.39, 0.29) is 18.0 Å². The molecule has 0 bridgehead atoms. The molecule has 1 aliphatic heterocycles. The van der Waals surface area contributed by atoms with Crippen LogP contribution in [0.4, 0.5) is 0 Å². The second-order valence-corrected chi connectivity index (χ2v) is 6.69. The van der Waals surface area contributed by atoms with Gasteiger partial charge in [-0.25, -0.2) is 0 Å². The van der Waals surface area contributed by atoms with E-state index in [4.69, 9.17) is 16.6 Å². The van der Waals surface area contributed by atoms with Gasteiger partial charge >= 0.3 is 0 Å². The van der Waals surface area contributed by atoms with E-state index in [0.717, 1.165) is 22.4 Å². The van der Waals surface area contributed by atoms with E-state index in [1.165, 1.54) is 0 Å². The molecule has 0 spiro atoms. The van der Waals surface area contributed by atoms with Crippen LogP contribution in [0.3, 0.4) is 0 Å². The molecule has 4 nitrogen and oxygen atoms in total. The third-order valence-corrected chi connectivity index (χ3v) is 4.79. The standard InChI is InChI=1S/C21H18ClN3O/c22-16-9-7-14(8-10-16)21-24-18(15-4-3-11-23-13-15)12-19(25-21)17-5-1-2-6-20(17)26/h1-11,13,19,21,25-26H,12H2/t19-,21-/m0/s1. The van der Waals surface area contributed by atoms with E-state index < -0.39 is 0 Å². The van der Waals surface area contributed by atoms with Gasteiger partial charge in [-0.3, -0.25) is 15.3 Å². The number of aromatic hydroxyl groups is 1. The maximum absolute atomic E-state index is 10.3. The zero-order valence-corrected chi connectivity index (χ0v) is 14.8. The maximum Gasteiger partial charge on any atom is 0.126 e. The molecule has 0 saturated heterocycles. The molecule has 2 heterocycles. The summed E-state index contributed by atoms with van der Waals surface area (Å²) >= 11 is 6.02. The molecule has 0 unspecified atom stereocenters. The summed E-state index contributed by atoms with van der Waals surface area (Å²) in [5.74, 6) is 0.285. The van der Waals surface area contributed by atoms with Crippen LogP contribution >= 0.6 is 11.6 Å². The van der Waals surface area contributed by atoms with E-state index in [1.54, 1.807) is 12.3 Å². The van der Waals surface area contributed by atoms with Gasteiger partial charge in [0.05, 0.1) is 0 Å². The van der Waals surface area contributed by atoms with Crippen LogP contribution in [0.2, 0.25) is 5.02 Å². The van der Waals surface area contributed by atoms with Gasteiger partial charge in [0.1, 0.15) is 11.9 Å². The SMILES string of the molecule is Oc1ccccc1[C@@H]1CC(c2cccnc2)=N[C@H](c2ccc(Cl)cc2)N1. The Kier molecular flexibility index (Phi) is 4.69. The van der Waals surface area contributed by atoms with Crippen LogP contribution in [0.15, 0.2) is 78.0 Å². The fourth-order valence-electron chi connectivity index (χ4n) is 3.21. The number of para-hydroxylation sites is 1. The van der Waals surface area contributed by atoms with Gasteiger partial charge in [-0.2, -0.15) is 0 Å². The summed E-state index contributed by atoms with van der Waals surface area (Å²) < 4.78 is 0. The van der Waals surface area contributed by atoms with E-state index in [1.807, 2.05) is 60.8 Å². The molecule has 5 heteroatoms. The molecule has 26 heavy (non-hydrogen) atoms. The molecule has 3 aromatic rings. The minimum atomic E-state index is -0.221. The number of hydrogen-bond acceptors (Lipinski definition) is 4. The fourth-order valence-corrected chi connectivity index (χ4v) is 3.34. The van der Waals surface area contributed by atoms with Crippen molar-refractivity contribution in [3.8, 4) is 5.75 Å². The van der Waals surface area contributed by atoms with Crippen molar-refractivity contribution < 1.29 is 5.11 Å². The van der Waals surface area contributed by atoms with Gasteiger partial charge in [0.2, 0.25) is 0 Å². The van der Waals surface area contributed by atoms with Gasteiger partial charge in [0.15, 0.2) is 0 Å². The number of phenolic OH excluding ortho intramolecular Hbond substituents is 1. The lowest BCUT2D eigenvalue weighted by atomic mass is 9.94. The third-order valence-electron chi connectivity index (χ3n) is 4.53. The first-order valence-corrected chi connectivity index (χ1v) is 8.85. The monoisotopic (exact) mass is 363 g/mol. The summed E-state index contributed by atoms with van der Waals surface area (Å²) in [6.45, 7) is 0. The molecule has 2 aromatic carbocycles. The Morgan fingerprint density at radius 2 is 1.81 bits per heavy atom. The van der Waals surface area contributed by atoms with Gasteiger partial charge in [-0.1, -0.05) is 48.0 Å². The molecular formula is C21H18ClN3O. The molecule has 0 aliphatic carbocycles. The summed E-state index contributed by atoms with van der Waals surface area (Å²) in [7, 11) is 0. The van der Waals surface area contributed by atoms with Crippen LogP contribution in [-0.2, 0) is 0 Å². The second kappa shape index (κ2) is 7.28. The van der Waals surface area contributed by atoms with E-state index in [9.17, 15) is 5.11 Å². The fraction of sp³-hybridized carbons (Fsp3) is 0.143. The van der Waals surface area contributed by atoms with E-state index >= 15 is 0 Å². The topological polar surface area (TPSA) is 57.5 Å². The van der Waals surface area contributed by atoms with Crippen molar-refractivity contribution in [1.29, 1.82) is 0 Å². The van der Waals surface area contributed by atoms with E-state index in [2.05, 4.69) is 10.3 Å². The number of aromatic nitrogens is 1. The highest BCUT2D eigenvalue weighted by Gasteiger charge is 2.27. The van der Waals surface area contributed by atoms with Crippen molar-refractivity contribution in [3.63, 3.8) is 0 Å². The lowest BCUT2D eigenvalue weighted by Gasteiger charge is -2.30. The van der Waals surface area contributed by atoms with Crippen LogP contribution < -0.4 is 5.32 Å². The molecule has 130 valence electrons. The average molecular weight is 364 g/mol. The number of hydrogen-bond donors (Lipinski definition) is 2. The Labute approximate surface area is 157 Å². The van der Waals surface area contributed by atoms with Crippen LogP contribution in [-0.4, -0.2) is 15.8 Å². The normalized spacial score (nSPS) is 19.8. The molecular weight excluding hydrogens is 346 g/mol. The summed E-state index contributed by atoms with van der Waals surface area (Å²) in [6, 6.07) is 19.0. The van der Waals surface area contributed by atoms with Gasteiger partial charge in [0, 0.05) is 46.7 Å². The van der Waals surface area contributed by atoms with Crippen LogP contribution in [0.1, 0.15) is 35.3 Å². The smallest absolute Gasteiger partial charge is 0.126 e. The summed E-state index contributed by atoms with van der Waals surface area (Å²) in [5, 5.41) is 14.5. The number of pyridine rings is 1. The Morgan fingerprint density at radius 3 is 2.54 bits per heavy atom. The molecule has 2 N–H and O–H groups in total. The highest BCUT2D eigenvalue weighted by molar-refractivity contribution is 6.30. The highest BCUT2D eigenvalue weighted by Crippen LogP contribution is 2.34. The number of aliphatic imine (C=N–C) groups is 1. The minimum Gasteiger partial charge on any atom is -0.508 e. The van der Waals surface area contributed by atoms with Gasteiger partial charge in [0.25, 0.3) is 0 Å². The highest BCUT2D eigenvalue weighted by atomic mass is 35.5. The van der Waals surface area contributed by atoms with Gasteiger partial charge in [-0.15, -0.1) is 0 Å². The lowest BCUT2D eigenvalue weighted by Crippen LogP contribution is -2.33. The van der Waals surface area contributed by atoms with Gasteiger partial charge in [-0.05, 0) is 29.8 Å². The second-order valence-electron chi connectivity index (χ2n) is 6.25. The summed E-state index contributed by atoms with van der Waals surface area (Å²) in [4.78, 5) is 9.11. The first kappa shape index (κ1) is 16.8. The van der Waals surface area contributed by atoms with Crippen LogP contribution in [0.5, 0.6) is 5.75 Å². The van der Waals surface area contributed by atoms with E-state index in [0.29, 0.717) is 11.4 Å². The largest absolute Gasteiger partial charge is 0.508 e. The molecule has 2 atom stereocenters. The summed E-state index contributed by atoms with van der Waals surface area (Å²) in [6.07, 6.45) is 4.03. The van der Waals surface area contributed by atoms with Crippen molar-refractivity contribution in [2.45, 2.75) is 18.6 Å². The minimum absolute atomic E-state index is 0.0513. The number of rotatable bonds is 3. The van der Waals surface area contributed by atoms with Crippen LogP contribution in [0.25, 0.3) is 0 Å². The lowest BCUT2D eigenvalue weighted by molar-refractivity contribution is 0.412. The van der Waals surface area contributed by atoms with Crippen molar-refractivity contribution >= 4 is 17.3 Å². The molecule has 4 rings (SSSR count). The molecule has 0 fully saturated rings. The Hall–Kier alpha value is -2.69. The maximum atomic E-state index is 10.3. The predicted octanol–water partition coefficient (Wildman–Crippen LogP) is 4.66. The quantitative estimate of drug-likeness (QED) is 0.711. The third kappa shape index (κ3) is 3.47. The van der Waals surface area contributed by atoms with Crippen molar-refractivity contribution in [2.75, 3.05) is 0 Å². The number of benzene rings is 2. The zero-order valence-electron chi connectivity index (χ0n) is 14.0. The Balaban J connectivity index is 1.75. The molecule has 1 aromatic heterocycles. The number of nitrogens with zero attached hydrogens (tertiary/aromatic N) is 2. The number of nitrogens with one attached hydrogen (secondary N) is 1. The Bertz CT molecular complexity index is 926. The van der Waals surface area contributed by atoms with Crippen LogP contribution in [0, 0.1) is 0 Å². The number of phenols is 1. The molecule has 0 radical (unpaired) electrons. The molecule has 1 aliphatic rings. The number of halogens is 1. The van der Waals surface area contributed by atoms with Crippen molar-refractivity contribution in [1.82, 2.24) is 10.3 Å². The Morgan fingerprint density at radius 1 is 1.00 bits per heavy atom. The van der Waals surface area contributed by atoms with Gasteiger partial charge < -0.3 is 5.11 Å². The first-order chi connectivity index (χ1) is 12.7. The predicted molar refractivity (Wildman–Crippen MR) is 104 cm³/mol. The summed E-state index contributed by atoms with van der Waals surface area (Å²) in [5.41, 5.74) is 3.84. The molecule has 0 saturated carbocycles. The molecule has 0 amide bonds. The zero-order chi connectivity index (χ0) is 17.9.